The molecule has 264 valence electrons. The molecule has 0 saturated carbocycles. The summed E-state index contributed by atoms with van der Waals surface area (Å²) in [5, 5.41) is 4.29. The molecule has 50 heavy (non-hydrogen) atoms. The highest BCUT2D eigenvalue weighted by Crippen LogP contribution is 2.32. The number of amides is 2. The van der Waals surface area contributed by atoms with E-state index >= 15 is 0 Å². The van der Waals surface area contributed by atoms with Gasteiger partial charge in [-0.15, -0.1) is 0 Å². The summed E-state index contributed by atoms with van der Waals surface area (Å²) in [5.41, 5.74) is 9.66. The lowest BCUT2D eigenvalue weighted by molar-refractivity contribution is -0.137. The smallest absolute Gasteiger partial charge is 0.416 e. The van der Waals surface area contributed by atoms with Crippen molar-refractivity contribution in [3.63, 3.8) is 0 Å². The quantitative estimate of drug-likeness (QED) is 0.129. The minimum absolute atomic E-state index is 0.0142. The number of primary amides is 1. The third-order valence-electron chi connectivity index (χ3n) is 8.91. The molecule has 0 fully saturated rings. The van der Waals surface area contributed by atoms with Crippen LogP contribution in [-0.4, -0.2) is 59.4 Å². The second-order valence-corrected chi connectivity index (χ2v) is 12.8. The molecule has 0 spiro atoms. The Kier molecular flexibility index (Phi) is 11.4. The Morgan fingerprint density at radius 3 is 2.42 bits per heavy atom. The number of carbonyl (C=O) groups excluding carboxylic acids is 2. The van der Waals surface area contributed by atoms with E-state index in [9.17, 15) is 27.6 Å². The fourth-order valence-corrected chi connectivity index (χ4v) is 6.01. The summed E-state index contributed by atoms with van der Waals surface area (Å²) in [7, 11) is 1.98. The molecule has 2 heterocycles. The van der Waals surface area contributed by atoms with Gasteiger partial charge in [0.15, 0.2) is 5.43 Å². The van der Waals surface area contributed by atoms with Crippen LogP contribution in [0, 0.1) is 13.8 Å². The van der Waals surface area contributed by atoms with E-state index in [4.69, 9.17) is 10.2 Å². The highest BCUT2D eigenvalue weighted by Gasteiger charge is 2.30. The molecule has 0 aliphatic rings. The molecule has 12 heteroatoms. The predicted octanol–water partition coefficient (Wildman–Crippen LogP) is 6.08. The van der Waals surface area contributed by atoms with Crippen LogP contribution < -0.4 is 16.5 Å². The van der Waals surface area contributed by atoms with Crippen LogP contribution in [0.1, 0.15) is 47.1 Å². The maximum absolute atomic E-state index is 13.5. The molecule has 2 amide bonds. The number of halogens is 3. The van der Waals surface area contributed by atoms with E-state index in [0.29, 0.717) is 67.9 Å². The summed E-state index contributed by atoms with van der Waals surface area (Å²) in [4.78, 5) is 40.9. The van der Waals surface area contributed by atoms with Gasteiger partial charge in [0, 0.05) is 74.9 Å². The van der Waals surface area contributed by atoms with Crippen molar-refractivity contribution in [3.05, 3.63) is 111 Å². The molecule has 5 rings (SSSR count). The zero-order chi connectivity index (χ0) is 36.0. The number of aromatic nitrogens is 1. The number of hydrogen-bond donors (Lipinski definition) is 2. The molecule has 0 bridgehead atoms. The first kappa shape index (κ1) is 36.3. The first-order valence-corrected chi connectivity index (χ1v) is 16.5. The number of rotatable bonds is 15. The Morgan fingerprint density at radius 1 is 0.900 bits per heavy atom. The van der Waals surface area contributed by atoms with Gasteiger partial charge in [0.2, 0.25) is 11.8 Å². The van der Waals surface area contributed by atoms with Gasteiger partial charge < -0.3 is 24.9 Å². The molecule has 2 aromatic heterocycles. The van der Waals surface area contributed by atoms with Gasteiger partial charge in [0.1, 0.15) is 5.58 Å². The molecular formula is C38H42F3N5O4. The maximum atomic E-state index is 13.5. The first-order chi connectivity index (χ1) is 23.8. The number of benzene rings is 3. The number of carbonyl (C=O) groups is 2. The van der Waals surface area contributed by atoms with Gasteiger partial charge in [-0.2, -0.15) is 13.2 Å². The number of nitrogens with two attached hydrogens (primary N) is 1. The largest absolute Gasteiger partial charge is 0.464 e. The van der Waals surface area contributed by atoms with Gasteiger partial charge >= 0.3 is 6.18 Å². The van der Waals surface area contributed by atoms with Gasteiger partial charge in [-0.3, -0.25) is 19.3 Å². The van der Waals surface area contributed by atoms with Gasteiger partial charge in [0.25, 0.3) is 0 Å². The van der Waals surface area contributed by atoms with Gasteiger partial charge in [-0.05, 0) is 80.4 Å². The van der Waals surface area contributed by atoms with Crippen LogP contribution in [0.25, 0.3) is 27.6 Å². The SMILES string of the molecule is Cc1cc2occ(CN(CCCNC(=O)CCC(N)=O)CCN(C)Cc3cn(-c4cccc(C(F)(F)F)c4)c4ccccc34)c(=O)c2cc1C. The summed E-state index contributed by atoms with van der Waals surface area (Å²) in [6, 6.07) is 16.7. The van der Waals surface area contributed by atoms with Crippen LogP contribution in [0.3, 0.4) is 0 Å². The van der Waals surface area contributed by atoms with Crippen molar-refractivity contribution in [1.29, 1.82) is 0 Å². The fourth-order valence-electron chi connectivity index (χ4n) is 6.01. The van der Waals surface area contributed by atoms with E-state index in [2.05, 4.69) is 15.1 Å². The number of para-hydroxylation sites is 1. The minimum Gasteiger partial charge on any atom is -0.464 e. The minimum atomic E-state index is -4.45. The van der Waals surface area contributed by atoms with Gasteiger partial charge in [-0.25, -0.2) is 0 Å². The molecule has 5 aromatic rings. The van der Waals surface area contributed by atoms with Gasteiger partial charge in [0.05, 0.1) is 22.7 Å². The zero-order valence-electron chi connectivity index (χ0n) is 28.5. The van der Waals surface area contributed by atoms with Crippen molar-refractivity contribution in [1.82, 2.24) is 19.7 Å². The van der Waals surface area contributed by atoms with Crippen molar-refractivity contribution in [2.24, 2.45) is 5.73 Å². The standard InChI is InChI=1S/C38H42F3N5O4/c1-25-18-32-34(19-26(25)2)50-24-28(37(32)49)22-45(15-7-14-43-36(48)13-12-35(42)47)17-16-44(3)21-27-23-46(33-11-5-4-10-31(27)33)30-9-6-8-29(20-30)38(39,40)41/h4-6,8-11,18-20,23-24H,7,12-17,21-22H2,1-3H3,(H2,42,47)(H,43,48). The van der Waals surface area contributed by atoms with E-state index in [1.54, 1.807) is 10.6 Å². The predicted molar refractivity (Wildman–Crippen MR) is 188 cm³/mol. The van der Waals surface area contributed by atoms with Crippen molar-refractivity contribution in [2.45, 2.75) is 52.4 Å². The molecule has 3 aromatic carbocycles. The summed E-state index contributed by atoms with van der Waals surface area (Å²) in [6.45, 7) is 6.96. The average Bonchev–Trinajstić information content (AvgIpc) is 3.44. The number of nitrogens with one attached hydrogen (secondary N) is 1. The number of likely N-dealkylation sites (N-methyl/N-ethyl adjacent to an activating group) is 1. The molecule has 3 N–H and O–H groups in total. The number of fused-ring (bicyclic) bond motifs is 2. The lowest BCUT2D eigenvalue weighted by Crippen LogP contribution is -2.36. The summed E-state index contributed by atoms with van der Waals surface area (Å²) < 4.78 is 48.2. The van der Waals surface area contributed by atoms with Crippen LogP contribution in [0.5, 0.6) is 0 Å². The van der Waals surface area contributed by atoms with E-state index < -0.39 is 17.6 Å². The Labute approximate surface area is 288 Å². The third-order valence-corrected chi connectivity index (χ3v) is 8.91. The highest BCUT2D eigenvalue weighted by atomic mass is 19.4. The first-order valence-electron chi connectivity index (χ1n) is 16.5. The Balaban J connectivity index is 1.31. The topological polar surface area (TPSA) is 114 Å². The van der Waals surface area contributed by atoms with E-state index in [-0.39, 0.29) is 24.2 Å². The molecule has 0 aliphatic carbocycles. The molecular weight excluding hydrogens is 647 g/mol. The third kappa shape index (κ3) is 8.99. The molecule has 0 atom stereocenters. The summed E-state index contributed by atoms with van der Waals surface area (Å²) >= 11 is 0. The molecule has 0 unspecified atom stereocenters. The molecule has 0 saturated heterocycles. The maximum Gasteiger partial charge on any atom is 0.416 e. The molecule has 0 radical (unpaired) electrons. The average molecular weight is 690 g/mol. The Bertz CT molecular complexity index is 2050. The molecule has 9 nitrogen and oxygen atoms in total. The number of aryl methyl sites for hydroxylation is 2. The zero-order valence-corrected chi connectivity index (χ0v) is 28.5. The summed E-state index contributed by atoms with van der Waals surface area (Å²) in [5.74, 6) is -0.782. The Hall–Kier alpha value is -4.94. The van der Waals surface area contributed by atoms with E-state index in [0.717, 1.165) is 39.7 Å². The highest BCUT2D eigenvalue weighted by molar-refractivity contribution is 5.86. The lowest BCUT2D eigenvalue weighted by Gasteiger charge is -2.25. The van der Waals surface area contributed by atoms with Crippen LogP contribution in [-0.2, 0) is 28.9 Å². The normalized spacial score (nSPS) is 12.0. The summed E-state index contributed by atoms with van der Waals surface area (Å²) in [6.07, 6.45) is -0.418. The number of nitrogens with zero attached hydrogens (tertiary/aromatic N) is 3. The van der Waals surface area contributed by atoms with Crippen molar-refractivity contribution in [2.75, 3.05) is 33.2 Å². The van der Waals surface area contributed by atoms with Crippen molar-refractivity contribution >= 4 is 33.7 Å². The monoisotopic (exact) mass is 689 g/mol. The Morgan fingerprint density at radius 2 is 1.66 bits per heavy atom. The van der Waals surface area contributed by atoms with Crippen molar-refractivity contribution in [3.8, 4) is 5.69 Å². The van der Waals surface area contributed by atoms with E-state index in [1.807, 2.05) is 63.5 Å². The van der Waals surface area contributed by atoms with Crippen LogP contribution in [0.4, 0.5) is 13.2 Å². The molecule has 0 aliphatic heterocycles. The van der Waals surface area contributed by atoms with E-state index in [1.165, 1.54) is 12.3 Å². The fraction of sp³-hybridized carbons (Fsp3) is 0.342. The number of alkyl halides is 3. The van der Waals surface area contributed by atoms with Gasteiger partial charge in [-0.1, -0.05) is 24.3 Å². The van der Waals surface area contributed by atoms with Crippen LogP contribution >= 0.6 is 0 Å². The second-order valence-electron chi connectivity index (χ2n) is 12.8. The lowest BCUT2D eigenvalue weighted by atomic mass is 10.1. The number of hydrogen-bond acceptors (Lipinski definition) is 6. The van der Waals surface area contributed by atoms with Crippen LogP contribution in [0.15, 0.2) is 82.3 Å². The second kappa shape index (κ2) is 15.7. The van der Waals surface area contributed by atoms with Crippen molar-refractivity contribution < 1.29 is 27.2 Å². The van der Waals surface area contributed by atoms with Crippen LogP contribution in [0.2, 0.25) is 0 Å².